The molecule has 2 nitrogen and oxygen atoms in total. The van der Waals surface area contributed by atoms with Crippen LogP contribution in [0.15, 0.2) is 22.7 Å². The molecule has 0 radical (unpaired) electrons. The third-order valence-corrected chi connectivity index (χ3v) is 4.57. The van der Waals surface area contributed by atoms with Crippen LogP contribution >= 0.6 is 31.9 Å². The molecule has 0 N–H and O–H groups in total. The second-order valence-corrected chi connectivity index (χ2v) is 5.99. The van der Waals surface area contributed by atoms with Crippen molar-refractivity contribution >= 4 is 43.5 Å². The minimum Gasteiger partial charge on any atom is -0.311 e. The zero-order valence-electron chi connectivity index (χ0n) is 9.04. The third kappa shape index (κ3) is 2.33. The van der Waals surface area contributed by atoms with Crippen molar-refractivity contribution in [1.29, 1.82) is 0 Å². The molecule has 1 amide bonds. The highest BCUT2D eigenvalue weighted by atomic mass is 79.9. The van der Waals surface area contributed by atoms with E-state index in [9.17, 15) is 4.79 Å². The van der Waals surface area contributed by atoms with Crippen LogP contribution in [0.25, 0.3) is 0 Å². The molecule has 1 aliphatic heterocycles. The van der Waals surface area contributed by atoms with Crippen LogP contribution in [0.3, 0.4) is 0 Å². The Morgan fingerprint density at radius 3 is 2.88 bits per heavy atom. The van der Waals surface area contributed by atoms with Crippen LogP contribution in [0.2, 0.25) is 0 Å². The molecule has 1 atom stereocenters. The van der Waals surface area contributed by atoms with Gasteiger partial charge in [-0.05, 0) is 43.5 Å². The summed E-state index contributed by atoms with van der Waals surface area (Å²) in [5.41, 5.74) is 2.15. The highest BCUT2D eigenvalue weighted by Crippen LogP contribution is 2.27. The summed E-state index contributed by atoms with van der Waals surface area (Å²) in [6.07, 6.45) is 1.99. The predicted molar refractivity (Wildman–Crippen MR) is 73.2 cm³/mol. The van der Waals surface area contributed by atoms with E-state index < -0.39 is 0 Å². The molecule has 0 saturated carbocycles. The van der Waals surface area contributed by atoms with Gasteiger partial charge in [-0.2, -0.15) is 0 Å². The highest BCUT2D eigenvalue weighted by molar-refractivity contribution is 9.10. The number of carbonyl (C=O) groups excluding carboxylic acids is 1. The molecule has 1 aromatic carbocycles. The average molecular weight is 347 g/mol. The third-order valence-electron chi connectivity index (χ3n) is 2.83. The summed E-state index contributed by atoms with van der Waals surface area (Å²) in [4.78, 5) is 13.8. The van der Waals surface area contributed by atoms with Crippen LogP contribution in [0.1, 0.15) is 18.4 Å². The molecule has 1 fully saturated rings. The van der Waals surface area contributed by atoms with Crippen molar-refractivity contribution in [3.05, 3.63) is 28.2 Å². The fourth-order valence-corrected chi connectivity index (χ4v) is 2.70. The zero-order valence-corrected chi connectivity index (χ0v) is 12.2. The Morgan fingerprint density at radius 2 is 2.19 bits per heavy atom. The summed E-state index contributed by atoms with van der Waals surface area (Å²) >= 11 is 6.89. The molecular formula is C12H13Br2NO. The SMILES string of the molecule is Cc1cc(N2CCC[C@@H](Br)C2=O)ccc1Br. The molecular weight excluding hydrogens is 334 g/mol. The van der Waals surface area contributed by atoms with E-state index in [-0.39, 0.29) is 10.7 Å². The maximum absolute atomic E-state index is 12.0. The predicted octanol–water partition coefficient (Wildman–Crippen LogP) is 3.65. The van der Waals surface area contributed by atoms with Gasteiger partial charge in [0.15, 0.2) is 0 Å². The molecule has 0 aliphatic carbocycles. The Hall–Kier alpha value is -0.350. The number of hydrogen-bond donors (Lipinski definition) is 0. The second kappa shape index (κ2) is 4.88. The minimum absolute atomic E-state index is 0.0230. The number of aryl methyl sites for hydroxylation is 1. The fourth-order valence-electron chi connectivity index (χ4n) is 1.88. The lowest BCUT2D eigenvalue weighted by atomic mass is 10.1. The molecule has 1 saturated heterocycles. The Morgan fingerprint density at radius 1 is 1.44 bits per heavy atom. The summed E-state index contributed by atoms with van der Waals surface area (Å²) in [7, 11) is 0. The van der Waals surface area contributed by atoms with Gasteiger partial charge < -0.3 is 4.90 Å². The topological polar surface area (TPSA) is 20.3 Å². The van der Waals surface area contributed by atoms with E-state index in [1.54, 1.807) is 0 Å². The molecule has 1 aromatic rings. The Kier molecular flexibility index (Phi) is 3.70. The minimum atomic E-state index is -0.0230. The standard InChI is InChI=1S/C12H13Br2NO/c1-8-7-9(4-5-10(8)13)15-6-2-3-11(14)12(15)16/h4-5,7,11H,2-3,6H2,1H3/t11-/m1/s1. The lowest BCUT2D eigenvalue weighted by Gasteiger charge is -2.30. The number of hydrogen-bond acceptors (Lipinski definition) is 1. The quantitative estimate of drug-likeness (QED) is 0.711. The van der Waals surface area contributed by atoms with Crippen molar-refractivity contribution in [2.45, 2.75) is 24.6 Å². The van der Waals surface area contributed by atoms with Crippen molar-refractivity contribution in [2.24, 2.45) is 0 Å². The fraction of sp³-hybridized carbons (Fsp3) is 0.417. The Balaban J connectivity index is 2.29. The van der Waals surface area contributed by atoms with Gasteiger partial charge in [0.2, 0.25) is 5.91 Å². The number of piperidine rings is 1. The first-order valence-corrected chi connectivity index (χ1v) is 7.02. The highest BCUT2D eigenvalue weighted by Gasteiger charge is 2.27. The molecule has 0 unspecified atom stereocenters. The van der Waals surface area contributed by atoms with Gasteiger partial charge in [0, 0.05) is 16.7 Å². The largest absolute Gasteiger partial charge is 0.311 e. The van der Waals surface area contributed by atoms with E-state index in [1.165, 1.54) is 0 Å². The maximum Gasteiger partial charge on any atom is 0.240 e. The Labute approximate surface area is 112 Å². The van der Waals surface area contributed by atoms with Gasteiger partial charge in [0.1, 0.15) is 0 Å². The van der Waals surface area contributed by atoms with Crippen LogP contribution in [0, 0.1) is 6.92 Å². The summed E-state index contributed by atoms with van der Waals surface area (Å²) in [6, 6.07) is 6.03. The first kappa shape index (κ1) is 12.1. The molecule has 0 bridgehead atoms. The number of carbonyl (C=O) groups is 1. The zero-order chi connectivity index (χ0) is 11.7. The number of nitrogens with zero attached hydrogens (tertiary/aromatic N) is 1. The summed E-state index contributed by atoms with van der Waals surface area (Å²) < 4.78 is 1.08. The molecule has 2 rings (SSSR count). The molecule has 1 aliphatic rings. The molecule has 86 valence electrons. The van der Waals surface area contributed by atoms with Crippen molar-refractivity contribution in [3.63, 3.8) is 0 Å². The van der Waals surface area contributed by atoms with Crippen molar-refractivity contribution < 1.29 is 4.79 Å². The molecule has 4 heteroatoms. The molecule has 0 spiro atoms. The number of anilines is 1. The summed E-state index contributed by atoms with van der Waals surface area (Å²) in [5, 5.41) is 0. The normalized spacial score (nSPS) is 21.3. The van der Waals surface area contributed by atoms with Gasteiger partial charge in [-0.1, -0.05) is 31.9 Å². The van der Waals surface area contributed by atoms with Crippen LogP contribution in [-0.2, 0) is 4.79 Å². The first-order chi connectivity index (χ1) is 7.59. The van der Waals surface area contributed by atoms with Crippen molar-refractivity contribution in [1.82, 2.24) is 0 Å². The van der Waals surface area contributed by atoms with Crippen LogP contribution in [0.4, 0.5) is 5.69 Å². The van der Waals surface area contributed by atoms with Gasteiger partial charge >= 0.3 is 0 Å². The lowest BCUT2D eigenvalue weighted by Crippen LogP contribution is -2.41. The maximum atomic E-state index is 12.0. The van der Waals surface area contributed by atoms with E-state index >= 15 is 0 Å². The molecule has 16 heavy (non-hydrogen) atoms. The second-order valence-electron chi connectivity index (χ2n) is 4.03. The number of halogens is 2. The van der Waals surface area contributed by atoms with Gasteiger partial charge in [-0.25, -0.2) is 0 Å². The molecule has 0 aromatic heterocycles. The van der Waals surface area contributed by atoms with Gasteiger partial charge in [0.05, 0.1) is 4.83 Å². The van der Waals surface area contributed by atoms with Crippen molar-refractivity contribution in [2.75, 3.05) is 11.4 Å². The van der Waals surface area contributed by atoms with Crippen molar-refractivity contribution in [3.8, 4) is 0 Å². The summed E-state index contributed by atoms with van der Waals surface area (Å²) in [5.74, 6) is 0.174. The van der Waals surface area contributed by atoms with Crippen LogP contribution < -0.4 is 4.90 Å². The van der Waals surface area contributed by atoms with E-state index in [0.29, 0.717) is 0 Å². The number of rotatable bonds is 1. The van der Waals surface area contributed by atoms with Gasteiger partial charge in [0.25, 0.3) is 0 Å². The van der Waals surface area contributed by atoms with Crippen LogP contribution in [0.5, 0.6) is 0 Å². The van der Waals surface area contributed by atoms with E-state index in [4.69, 9.17) is 0 Å². The van der Waals surface area contributed by atoms with E-state index in [0.717, 1.165) is 35.1 Å². The van der Waals surface area contributed by atoms with Gasteiger partial charge in [-0.3, -0.25) is 4.79 Å². The average Bonchev–Trinajstić information content (AvgIpc) is 2.26. The van der Waals surface area contributed by atoms with E-state index in [1.807, 2.05) is 30.0 Å². The first-order valence-electron chi connectivity index (χ1n) is 5.31. The number of benzene rings is 1. The number of amides is 1. The number of alkyl halides is 1. The van der Waals surface area contributed by atoms with Gasteiger partial charge in [-0.15, -0.1) is 0 Å². The Bertz CT molecular complexity index is 419. The van der Waals surface area contributed by atoms with E-state index in [2.05, 4.69) is 31.9 Å². The van der Waals surface area contributed by atoms with Crippen LogP contribution in [-0.4, -0.2) is 17.3 Å². The lowest BCUT2D eigenvalue weighted by molar-refractivity contribution is -0.118. The smallest absolute Gasteiger partial charge is 0.240 e. The molecule has 1 heterocycles. The summed E-state index contributed by atoms with van der Waals surface area (Å²) in [6.45, 7) is 2.86. The monoisotopic (exact) mass is 345 g/mol.